The average molecular weight is 449 g/mol. The van der Waals surface area contributed by atoms with E-state index in [1.807, 2.05) is 13.0 Å². The molecule has 4 nitrogen and oxygen atoms in total. The van der Waals surface area contributed by atoms with Crippen molar-refractivity contribution < 1.29 is 9.53 Å². The number of esters is 1. The molecule has 0 saturated heterocycles. The maximum Gasteiger partial charge on any atom is 0.359 e. The van der Waals surface area contributed by atoms with Crippen molar-refractivity contribution in [1.29, 1.82) is 0 Å². The molecule has 0 aliphatic rings. The fraction of sp³-hybridized carbons (Fsp3) is 0.273. The number of ether oxygens (including phenoxy) is 1. The van der Waals surface area contributed by atoms with Gasteiger partial charge in [-0.2, -0.15) is 5.10 Å². The minimum Gasteiger partial charge on any atom is -0.461 e. The second-order valence-electron chi connectivity index (χ2n) is 6.44. The predicted octanol–water partition coefficient (Wildman–Crippen LogP) is 7.21. The molecule has 0 N–H and O–H groups in total. The van der Waals surface area contributed by atoms with E-state index in [9.17, 15) is 4.79 Å². The zero-order valence-corrected chi connectivity index (χ0v) is 18.9. The van der Waals surface area contributed by atoms with Crippen LogP contribution in [-0.2, 0) is 4.74 Å². The normalized spacial score (nSPS) is 11.3. The summed E-state index contributed by atoms with van der Waals surface area (Å²) in [5.41, 5.74) is 2.50. The number of hydrogen-bond donors (Lipinski definition) is 0. The smallest absolute Gasteiger partial charge is 0.359 e. The molecule has 2 aromatic heterocycles. The summed E-state index contributed by atoms with van der Waals surface area (Å²) >= 11 is 14.1. The van der Waals surface area contributed by atoms with E-state index in [4.69, 9.17) is 27.9 Å². The Bertz CT molecular complexity index is 1050. The van der Waals surface area contributed by atoms with Gasteiger partial charge in [0.15, 0.2) is 5.69 Å². The highest BCUT2D eigenvalue weighted by molar-refractivity contribution is 7.16. The summed E-state index contributed by atoms with van der Waals surface area (Å²) in [6.07, 6.45) is 6.44. The van der Waals surface area contributed by atoms with Crippen molar-refractivity contribution in [3.8, 4) is 16.3 Å². The Kier molecular flexibility index (Phi) is 7.17. The van der Waals surface area contributed by atoms with Gasteiger partial charge < -0.3 is 4.74 Å². The van der Waals surface area contributed by atoms with E-state index >= 15 is 0 Å². The Morgan fingerprint density at radius 2 is 2.03 bits per heavy atom. The van der Waals surface area contributed by atoms with Gasteiger partial charge in [0.2, 0.25) is 0 Å². The number of nitrogens with zero attached hydrogens (tertiary/aromatic N) is 2. The lowest BCUT2D eigenvalue weighted by atomic mass is 10.1. The number of allylic oxidation sites excluding steroid dienone is 1. The third-order valence-electron chi connectivity index (χ3n) is 4.33. The standard InChI is InChI=1S/C22H22Cl2N2O2S/c1-4-6-7-8-16-10-12-19(29-16)21-14(3)20(22(27)28-5-2)25-26(21)18-11-9-15(23)13-17(18)24/h7-13H,4-6H2,1-3H3/b8-7+. The minimum atomic E-state index is -0.449. The van der Waals surface area contributed by atoms with Gasteiger partial charge in [-0.1, -0.05) is 42.6 Å². The summed E-state index contributed by atoms with van der Waals surface area (Å²) in [6, 6.07) is 9.31. The molecule has 29 heavy (non-hydrogen) atoms. The lowest BCUT2D eigenvalue weighted by molar-refractivity contribution is 0.0518. The first kappa shape index (κ1) is 21.6. The summed E-state index contributed by atoms with van der Waals surface area (Å²) < 4.78 is 6.89. The molecule has 0 amide bonds. The Hall–Kier alpha value is -2.08. The molecule has 7 heteroatoms. The third-order valence-corrected chi connectivity index (χ3v) is 5.92. The molecule has 0 fully saturated rings. The van der Waals surface area contributed by atoms with E-state index < -0.39 is 5.97 Å². The highest BCUT2D eigenvalue weighted by atomic mass is 35.5. The average Bonchev–Trinajstić information content (AvgIpc) is 3.26. The van der Waals surface area contributed by atoms with E-state index in [0.29, 0.717) is 15.7 Å². The fourth-order valence-electron chi connectivity index (χ4n) is 2.94. The first-order chi connectivity index (χ1) is 14.0. The van der Waals surface area contributed by atoms with Crippen molar-refractivity contribution in [2.24, 2.45) is 0 Å². The molecule has 0 spiro atoms. The third kappa shape index (κ3) is 4.74. The lowest BCUT2D eigenvalue weighted by Gasteiger charge is -2.09. The maximum absolute atomic E-state index is 12.5. The Balaban J connectivity index is 2.15. The first-order valence-corrected chi connectivity index (χ1v) is 11.0. The number of benzene rings is 1. The predicted molar refractivity (Wildman–Crippen MR) is 122 cm³/mol. The van der Waals surface area contributed by atoms with Gasteiger partial charge in [0, 0.05) is 15.5 Å². The summed E-state index contributed by atoms with van der Waals surface area (Å²) in [7, 11) is 0. The number of carbonyl (C=O) groups is 1. The molecule has 3 rings (SSSR count). The van der Waals surface area contributed by atoms with Gasteiger partial charge in [-0.05, 0) is 56.7 Å². The molecule has 1 aromatic carbocycles. The zero-order valence-electron chi connectivity index (χ0n) is 16.5. The Labute approximate surface area is 184 Å². The van der Waals surface area contributed by atoms with Crippen LogP contribution in [0.2, 0.25) is 10.0 Å². The molecule has 2 heterocycles. The highest BCUT2D eigenvalue weighted by Gasteiger charge is 2.24. The molecular weight excluding hydrogens is 427 g/mol. The summed E-state index contributed by atoms with van der Waals surface area (Å²) in [4.78, 5) is 14.6. The maximum atomic E-state index is 12.5. The van der Waals surface area contributed by atoms with Gasteiger partial charge in [0.1, 0.15) is 0 Å². The largest absolute Gasteiger partial charge is 0.461 e. The lowest BCUT2D eigenvalue weighted by Crippen LogP contribution is -2.07. The molecule has 0 unspecified atom stereocenters. The van der Waals surface area contributed by atoms with E-state index in [2.05, 4.69) is 30.2 Å². The van der Waals surface area contributed by atoms with Crippen LogP contribution < -0.4 is 0 Å². The second kappa shape index (κ2) is 9.61. The molecule has 152 valence electrons. The van der Waals surface area contributed by atoms with Crippen molar-refractivity contribution in [3.05, 3.63) is 62.6 Å². The van der Waals surface area contributed by atoms with E-state index in [0.717, 1.165) is 33.9 Å². The van der Waals surface area contributed by atoms with Crippen LogP contribution in [0, 0.1) is 6.92 Å². The van der Waals surface area contributed by atoms with Crippen LogP contribution in [0.5, 0.6) is 0 Å². The molecule has 0 saturated carbocycles. The number of carbonyl (C=O) groups excluding carboxylic acids is 1. The van der Waals surface area contributed by atoms with Gasteiger partial charge in [0.05, 0.1) is 27.9 Å². The number of halogens is 2. The molecule has 0 aliphatic heterocycles. The summed E-state index contributed by atoms with van der Waals surface area (Å²) in [6.45, 7) is 6.09. The quantitative estimate of drug-likeness (QED) is 0.358. The van der Waals surface area contributed by atoms with Crippen LogP contribution in [0.4, 0.5) is 0 Å². The van der Waals surface area contributed by atoms with Crippen molar-refractivity contribution >= 4 is 46.6 Å². The Morgan fingerprint density at radius 1 is 1.24 bits per heavy atom. The number of hydrogen-bond acceptors (Lipinski definition) is 4. The van der Waals surface area contributed by atoms with E-state index in [1.165, 1.54) is 0 Å². The van der Waals surface area contributed by atoms with Crippen molar-refractivity contribution in [2.75, 3.05) is 6.61 Å². The first-order valence-electron chi connectivity index (χ1n) is 9.45. The van der Waals surface area contributed by atoms with Crippen LogP contribution in [0.1, 0.15) is 47.6 Å². The van der Waals surface area contributed by atoms with Crippen LogP contribution >= 0.6 is 34.5 Å². The zero-order chi connectivity index (χ0) is 21.0. The minimum absolute atomic E-state index is 0.282. The van der Waals surface area contributed by atoms with Gasteiger partial charge >= 0.3 is 5.97 Å². The monoisotopic (exact) mass is 448 g/mol. The van der Waals surface area contributed by atoms with Crippen LogP contribution in [-0.4, -0.2) is 22.4 Å². The molecule has 0 aliphatic carbocycles. The number of thiophene rings is 1. The van der Waals surface area contributed by atoms with Crippen LogP contribution in [0.25, 0.3) is 22.3 Å². The van der Waals surface area contributed by atoms with Gasteiger partial charge in [-0.3, -0.25) is 0 Å². The topological polar surface area (TPSA) is 44.1 Å². The summed E-state index contributed by atoms with van der Waals surface area (Å²) in [5.74, 6) is -0.449. The fourth-order valence-corrected chi connectivity index (χ4v) is 4.46. The number of rotatable bonds is 7. The van der Waals surface area contributed by atoms with Crippen molar-refractivity contribution in [1.82, 2.24) is 9.78 Å². The van der Waals surface area contributed by atoms with Crippen LogP contribution in [0.15, 0.2) is 36.4 Å². The summed E-state index contributed by atoms with van der Waals surface area (Å²) in [5, 5.41) is 5.54. The van der Waals surface area contributed by atoms with Gasteiger partial charge in [0.25, 0.3) is 0 Å². The Morgan fingerprint density at radius 3 is 2.72 bits per heavy atom. The number of unbranched alkanes of at least 4 members (excludes halogenated alkanes) is 1. The van der Waals surface area contributed by atoms with Gasteiger partial charge in [-0.25, -0.2) is 9.48 Å². The van der Waals surface area contributed by atoms with Crippen LogP contribution in [0.3, 0.4) is 0 Å². The van der Waals surface area contributed by atoms with Crippen molar-refractivity contribution in [2.45, 2.75) is 33.6 Å². The van der Waals surface area contributed by atoms with Gasteiger partial charge in [-0.15, -0.1) is 11.3 Å². The SMILES string of the molecule is CCC/C=C/c1ccc(-c2c(C)c(C(=O)OCC)nn2-c2ccc(Cl)cc2Cl)s1. The van der Waals surface area contributed by atoms with Crippen molar-refractivity contribution in [3.63, 3.8) is 0 Å². The van der Waals surface area contributed by atoms with E-state index in [-0.39, 0.29) is 12.3 Å². The molecular formula is C22H22Cl2N2O2S. The van der Waals surface area contributed by atoms with E-state index in [1.54, 1.807) is 41.1 Å². The molecule has 0 radical (unpaired) electrons. The second-order valence-corrected chi connectivity index (χ2v) is 8.40. The molecule has 0 atom stereocenters. The number of aromatic nitrogens is 2. The molecule has 3 aromatic rings. The highest BCUT2D eigenvalue weighted by Crippen LogP contribution is 2.36. The molecule has 0 bridgehead atoms.